The van der Waals surface area contributed by atoms with E-state index in [-0.39, 0.29) is 17.0 Å². The van der Waals surface area contributed by atoms with Gasteiger partial charge in [0.1, 0.15) is 11.2 Å². The second kappa shape index (κ2) is 7.92. The highest BCUT2D eigenvalue weighted by Gasteiger charge is 2.16. The standard InChI is InChI=1S/C18H22N4O3/c23-16-8-2-1-4-10-21(16)11-6-9-19-17(24)14-13-20-15-7-3-5-12-22(15)18(14)25/h3,5,7,12-13H,1-2,4,6,8-11H2,(H,19,24). The number of nitrogens with one attached hydrogen (secondary N) is 1. The minimum absolute atomic E-state index is 0.0227. The number of hydrogen-bond donors (Lipinski definition) is 1. The van der Waals surface area contributed by atoms with E-state index in [1.807, 2.05) is 4.90 Å². The van der Waals surface area contributed by atoms with Gasteiger partial charge in [-0.2, -0.15) is 0 Å². The van der Waals surface area contributed by atoms with Gasteiger partial charge in [0, 0.05) is 38.4 Å². The maximum atomic E-state index is 12.3. The van der Waals surface area contributed by atoms with Gasteiger partial charge in [-0.3, -0.25) is 18.8 Å². The molecular formula is C18H22N4O3. The lowest BCUT2D eigenvalue weighted by Crippen LogP contribution is -2.35. The number of carbonyl (C=O) groups excluding carboxylic acids is 2. The maximum absolute atomic E-state index is 12.3. The van der Waals surface area contributed by atoms with Crippen molar-refractivity contribution < 1.29 is 9.59 Å². The third-order valence-corrected chi connectivity index (χ3v) is 4.42. The highest BCUT2D eigenvalue weighted by atomic mass is 16.2. The van der Waals surface area contributed by atoms with Crippen LogP contribution in [0.5, 0.6) is 0 Å². The van der Waals surface area contributed by atoms with Gasteiger partial charge in [0.05, 0.1) is 0 Å². The molecule has 0 radical (unpaired) electrons. The Morgan fingerprint density at radius 2 is 2.08 bits per heavy atom. The van der Waals surface area contributed by atoms with Gasteiger partial charge in [-0.05, 0) is 31.4 Å². The monoisotopic (exact) mass is 342 g/mol. The normalized spacial score (nSPS) is 15.2. The summed E-state index contributed by atoms with van der Waals surface area (Å²) < 4.78 is 1.35. The van der Waals surface area contributed by atoms with Crippen LogP contribution in [0.3, 0.4) is 0 Å². The topological polar surface area (TPSA) is 83.8 Å². The van der Waals surface area contributed by atoms with Gasteiger partial charge < -0.3 is 10.2 Å². The van der Waals surface area contributed by atoms with Crippen molar-refractivity contribution in [1.82, 2.24) is 19.6 Å². The molecule has 0 spiro atoms. The summed E-state index contributed by atoms with van der Waals surface area (Å²) in [6, 6.07) is 5.21. The first-order chi connectivity index (χ1) is 12.2. The number of hydrogen-bond acceptors (Lipinski definition) is 4. The maximum Gasteiger partial charge on any atom is 0.270 e. The SMILES string of the molecule is O=C(NCCCN1CCCCCC1=O)c1cnc2ccccn2c1=O. The predicted octanol–water partition coefficient (Wildman–Crippen LogP) is 1.22. The summed E-state index contributed by atoms with van der Waals surface area (Å²) in [5.41, 5.74) is 0.143. The van der Waals surface area contributed by atoms with E-state index < -0.39 is 5.91 Å². The second-order valence-corrected chi connectivity index (χ2v) is 6.21. The summed E-state index contributed by atoms with van der Waals surface area (Å²) in [6.07, 6.45) is 7.28. The Labute approximate surface area is 145 Å². The summed E-state index contributed by atoms with van der Waals surface area (Å²) in [6.45, 7) is 1.84. The van der Waals surface area contributed by atoms with Crippen LogP contribution in [0.2, 0.25) is 0 Å². The van der Waals surface area contributed by atoms with Crippen LogP contribution in [0.25, 0.3) is 5.65 Å². The lowest BCUT2D eigenvalue weighted by atomic mass is 10.2. The first kappa shape index (κ1) is 17.1. The van der Waals surface area contributed by atoms with E-state index in [1.54, 1.807) is 24.4 Å². The number of aromatic nitrogens is 2. The Kier molecular flexibility index (Phi) is 5.42. The molecule has 1 aliphatic heterocycles. The van der Waals surface area contributed by atoms with E-state index in [0.29, 0.717) is 31.6 Å². The molecule has 0 atom stereocenters. The number of fused-ring (bicyclic) bond motifs is 1. The van der Waals surface area contributed by atoms with Gasteiger partial charge in [-0.1, -0.05) is 12.5 Å². The molecule has 3 heterocycles. The van der Waals surface area contributed by atoms with Crippen molar-refractivity contribution in [3.05, 3.63) is 46.5 Å². The third-order valence-electron chi connectivity index (χ3n) is 4.42. The molecule has 1 fully saturated rings. The second-order valence-electron chi connectivity index (χ2n) is 6.21. The van der Waals surface area contributed by atoms with E-state index >= 15 is 0 Å². The van der Waals surface area contributed by atoms with Crippen molar-refractivity contribution in [3.8, 4) is 0 Å². The zero-order chi connectivity index (χ0) is 17.6. The first-order valence-electron chi connectivity index (χ1n) is 8.69. The Balaban J connectivity index is 1.55. The smallest absolute Gasteiger partial charge is 0.270 e. The molecule has 3 rings (SSSR count). The van der Waals surface area contributed by atoms with E-state index in [1.165, 1.54) is 10.6 Å². The minimum atomic E-state index is -0.432. The molecule has 7 nitrogen and oxygen atoms in total. The predicted molar refractivity (Wildman–Crippen MR) is 93.5 cm³/mol. The Morgan fingerprint density at radius 1 is 1.20 bits per heavy atom. The van der Waals surface area contributed by atoms with Crippen LogP contribution < -0.4 is 10.9 Å². The average Bonchev–Trinajstić information content (AvgIpc) is 2.83. The Hall–Kier alpha value is -2.70. The minimum Gasteiger partial charge on any atom is -0.352 e. The Morgan fingerprint density at radius 3 is 2.96 bits per heavy atom. The fraction of sp³-hybridized carbons (Fsp3) is 0.444. The van der Waals surface area contributed by atoms with Crippen LogP contribution in [-0.2, 0) is 4.79 Å². The first-order valence-corrected chi connectivity index (χ1v) is 8.69. The average molecular weight is 342 g/mol. The lowest BCUT2D eigenvalue weighted by molar-refractivity contribution is -0.130. The number of carbonyl (C=O) groups is 2. The van der Waals surface area contributed by atoms with E-state index in [4.69, 9.17) is 0 Å². The van der Waals surface area contributed by atoms with Gasteiger partial charge in [-0.15, -0.1) is 0 Å². The van der Waals surface area contributed by atoms with Crippen molar-refractivity contribution in [3.63, 3.8) is 0 Å². The van der Waals surface area contributed by atoms with Crippen LogP contribution >= 0.6 is 0 Å². The van der Waals surface area contributed by atoms with E-state index in [2.05, 4.69) is 10.3 Å². The largest absolute Gasteiger partial charge is 0.352 e. The fourth-order valence-corrected chi connectivity index (χ4v) is 3.02. The summed E-state index contributed by atoms with van der Waals surface area (Å²) in [5.74, 6) is -0.237. The van der Waals surface area contributed by atoms with Crippen LogP contribution in [0.15, 0.2) is 35.4 Å². The molecule has 0 saturated carbocycles. The van der Waals surface area contributed by atoms with Gasteiger partial charge in [-0.25, -0.2) is 4.98 Å². The van der Waals surface area contributed by atoms with Gasteiger partial charge in [0.2, 0.25) is 5.91 Å². The van der Waals surface area contributed by atoms with E-state index in [9.17, 15) is 14.4 Å². The van der Waals surface area contributed by atoms with Gasteiger partial charge in [0.25, 0.3) is 11.5 Å². The zero-order valence-corrected chi connectivity index (χ0v) is 14.1. The van der Waals surface area contributed by atoms with Gasteiger partial charge >= 0.3 is 0 Å². The molecule has 25 heavy (non-hydrogen) atoms. The lowest BCUT2D eigenvalue weighted by Gasteiger charge is -2.20. The molecule has 0 aromatic carbocycles. The number of nitrogens with zero attached hydrogens (tertiary/aromatic N) is 3. The summed E-state index contributed by atoms with van der Waals surface area (Å²) in [7, 11) is 0. The molecule has 0 unspecified atom stereocenters. The van der Waals surface area contributed by atoms with Crippen LogP contribution in [0, 0.1) is 0 Å². The van der Waals surface area contributed by atoms with Crippen molar-refractivity contribution in [2.24, 2.45) is 0 Å². The highest BCUT2D eigenvalue weighted by Crippen LogP contribution is 2.11. The molecule has 1 saturated heterocycles. The number of pyridine rings is 1. The van der Waals surface area contributed by atoms with E-state index in [0.717, 1.165) is 25.8 Å². The van der Waals surface area contributed by atoms with Crippen LogP contribution in [-0.4, -0.2) is 45.7 Å². The number of rotatable bonds is 5. The van der Waals surface area contributed by atoms with Gasteiger partial charge in [0.15, 0.2) is 0 Å². The molecule has 0 aliphatic carbocycles. The molecule has 132 valence electrons. The summed E-state index contributed by atoms with van der Waals surface area (Å²) in [4.78, 5) is 42.5. The molecule has 1 N–H and O–H groups in total. The quantitative estimate of drug-likeness (QED) is 0.828. The molecular weight excluding hydrogens is 320 g/mol. The third kappa shape index (κ3) is 4.04. The molecule has 1 aliphatic rings. The number of likely N-dealkylation sites (tertiary alicyclic amines) is 1. The van der Waals surface area contributed by atoms with Crippen LogP contribution in [0.4, 0.5) is 0 Å². The van der Waals surface area contributed by atoms with Crippen LogP contribution in [0.1, 0.15) is 42.5 Å². The summed E-state index contributed by atoms with van der Waals surface area (Å²) >= 11 is 0. The fourth-order valence-electron chi connectivity index (χ4n) is 3.02. The molecule has 0 bridgehead atoms. The summed E-state index contributed by atoms with van der Waals surface area (Å²) in [5, 5.41) is 2.74. The van der Waals surface area contributed by atoms with Crippen molar-refractivity contribution in [2.75, 3.05) is 19.6 Å². The number of amides is 2. The zero-order valence-electron chi connectivity index (χ0n) is 14.1. The highest BCUT2D eigenvalue weighted by molar-refractivity contribution is 5.93. The van der Waals surface area contributed by atoms with Crippen molar-refractivity contribution in [1.29, 1.82) is 0 Å². The molecule has 7 heteroatoms. The van der Waals surface area contributed by atoms with Crippen molar-refractivity contribution in [2.45, 2.75) is 32.1 Å². The molecule has 2 aromatic heterocycles. The Bertz CT molecular complexity index is 830. The molecule has 2 aromatic rings. The van der Waals surface area contributed by atoms with Crippen molar-refractivity contribution >= 4 is 17.5 Å². The molecule has 2 amide bonds.